The van der Waals surface area contributed by atoms with Crippen LogP contribution in [0.3, 0.4) is 0 Å². The number of likely N-dealkylation sites (tertiary alicyclic amines) is 1. The van der Waals surface area contributed by atoms with E-state index in [1.54, 1.807) is 6.07 Å². The molecule has 1 unspecified atom stereocenters. The summed E-state index contributed by atoms with van der Waals surface area (Å²) >= 11 is 0. The van der Waals surface area contributed by atoms with E-state index in [4.69, 9.17) is 0 Å². The molecule has 1 aromatic carbocycles. The van der Waals surface area contributed by atoms with E-state index in [2.05, 4.69) is 11.0 Å². The Balaban J connectivity index is 1.56. The largest absolute Gasteiger partial charge is 0.508 e. The Morgan fingerprint density at radius 3 is 2.78 bits per heavy atom. The first-order chi connectivity index (χ1) is 11.2. The van der Waals surface area contributed by atoms with Gasteiger partial charge in [-0.15, -0.1) is 0 Å². The van der Waals surface area contributed by atoms with Crippen molar-refractivity contribution >= 4 is 0 Å². The molecule has 4 rings (SSSR count). The quantitative estimate of drug-likeness (QED) is 0.899. The number of aliphatic hydroxyl groups is 1. The highest BCUT2D eigenvalue weighted by Crippen LogP contribution is 2.49. The number of rotatable bonds is 3. The summed E-state index contributed by atoms with van der Waals surface area (Å²) < 4.78 is 0. The molecule has 0 bridgehead atoms. The summed E-state index contributed by atoms with van der Waals surface area (Å²) in [6.07, 6.45) is 8.11. The van der Waals surface area contributed by atoms with Crippen molar-refractivity contribution in [2.75, 3.05) is 19.6 Å². The van der Waals surface area contributed by atoms with Crippen LogP contribution in [-0.4, -0.2) is 40.9 Å². The summed E-state index contributed by atoms with van der Waals surface area (Å²) in [7, 11) is 0. The topological polar surface area (TPSA) is 43.7 Å². The van der Waals surface area contributed by atoms with Gasteiger partial charge >= 0.3 is 0 Å². The van der Waals surface area contributed by atoms with Crippen LogP contribution in [0.25, 0.3) is 0 Å². The van der Waals surface area contributed by atoms with Crippen molar-refractivity contribution in [3.63, 3.8) is 0 Å². The molecule has 2 N–H and O–H groups in total. The van der Waals surface area contributed by atoms with Crippen molar-refractivity contribution in [2.45, 2.75) is 56.5 Å². The maximum absolute atomic E-state index is 10.2. The molecule has 0 radical (unpaired) electrons. The molecule has 0 aromatic heterocycles. The third-order valence-corrected chi connectivity index (χ3v) is 6.78. The highest BCUT2D eigenvalue weighted by atomic mass is 16.3. The SMILES string of the molecule is Oc1cccc(C23CC[C@H](O)C[C@H]2CN(CC2CCC2)CC3)c1. The average Bonchev–Trinajstić information content (AvgIpc) is 2.51. The number of nitrogens with zero attached hydrogens (tertiary/aromatic N) is 1. The minimum absolute atomic E-state index is 0.144. The van der Waals surface area contributed by atoms with Crippen molar-refractivity contribution in [3.05, 3.63) is 29.8 Å². The van der Waals surface area contributed by atoms with E-state index in [9.17, 15) is 10.2 Å². The van der Waals surface area contributed by atoms with E-state index in [1.165, 1.54) is 44.3 Å². The Labute approximate surface area is 139 Å². The maximum atomic E-state index is 10.2. The molecule has 3 nitrogen and oxygen atoms in total. The second kappa shape index (κ2) is 6.10. The molecule has 126 valence electrons. The molecule has 23 heavy (non-hydrogen) atoms. The lowest BCUT2D eigenvalue weighted by molar-refractivity contribution is -0.00949. The highest BCUT2D eigenvalue weighted by Gasteiger charge is 2.47. The lowest BCUT2D eigenvalue weighted by atomic mass is 9.58. The van der Waals surface area contributed by atoms with Crippen molar-refractivity contribution in [2.24, 2.45) is 11.8 Å². The van der Waals surface area contributed by atoms with E-state index >= 15 is 0 Å². The maximum Gasteiger partial charge on any atom is 0.115 e. The summed E-state index contributed by atoms with van der Waals surface area (Å²) in [4.78, 5) is 2.65. The number of benzene rings is 1. The van der Waals surface area contributed by atoms with Crippen LogP contribution in [0.5, 0.6) is 5.75 Å². The smallest absolute Gasteiger partial charge is 0.115 e. The van der Waals surface area contributed by atoms with Crippen molar-refractivity contribution in [1.29, 1.82) is 0 Å². The second-order valence-corrected chi connectivity index (χ2v) is 8.14. The van der Waals surface area contributed by atoms with Gasteiger partial charge in [-0.2, -0.15) is 0 Å². The molecule has 3 fully saturated rings. The van der Waals surface area contributed by atoms with Crippen molar-refractivity contribution in [3.8, 4) is 5.75 Å². The predicted octanol–water partition coefficient (Wildman–Crippen LogP) is 3.30. The number of phenols is 1. The van der Waals surface area contributed by atoms with Crippen LogP contribution in [0.15, 0.2) is 24.3 Å². The molecule has 0 amide bonds. The molecule has 1 heterocycles. The van der Waals surface area contributed by atoms with Crippen LogP contribution < -0.4 is 0 Å². The normalized spacial score (nSPS) is 35.5. The minimum Gasteiger partial charge on any atom is -0.508 e. The second-order valence-electron chi connectivity index (χ2n) is 8.14. The summed E-state index contributed by atoms with van der Waals surface area (Å²) in [5.41, 5.74) is 1.45. The zero-order valence-corrected chi connectivity index (χ0v) is 14.0. The predicted molar refractivity (Wildman–Crippen MR) is 91.5 cm³/mol. The van der Waals surface area contributed by atoms with E-state index in [-0.39, 0.29) is 11.5 Å². The molecule has 1 saturated heterocycles. The number of hydrogen-bond acceptors (Lipinski definition) is 3. The first-order valence-corrected chi connectivity index (χ1v) is 9.36. The van der Waals surface area contributed by atoms with Crippen LogP contribution >= 0.6 is 0 Å². The molecule has 3 atom stereocenters. The molecule has 3 aliphatic rings. The molecule has 1 aliphatic heterocycles. The standard InChI is InChI=1S/C20H29NO2/c22-18-6-2-5-16(11-18)20-8-7-19(23)12-17(20)14-21(10-9-20)13-15-3-1-4-15/h2,5-6,11,15,17,19,22-23H,1,3-4,7-10,12-14H2/t17-,19-,20?/m0/s1. The van der Waals surface area contributed by atoms with Crippen molar-refractivity contribution in [1.82, 2.24) is 4.90 Å². The molecule has 1 aromatic rings. The number of fused-ring (bicyclic) bond motifs is 1. The Morgan fingerprint density at radius 2 is 2.04 bits per heavy atom. The summed E-state index contributed by atoms with van der Waals surface area (Å²) in [5, 5.41) is 20.2. The van der Waals surface area contributed by atoms with Gasteiger partial charge < -0.3 is 15.1 Å². The van der Waals surface area contributed by atoms with Gasteiger partial charge in [0.15, 0.2) is 0 Å². The number of aromatic hydroxyl groups is 1. The molecule has 0 spiro atoms. The Bertz CT molecular complexity index is 556. The summed E-state index contributed by atoms with van der Waals surface area (Å²) in [6.45, 7) is 3.53. The zero-order chi connectivity index (χ0) is 15.9. The van der Waals surface area contributed by atoms with Gasteiger partial charge in [0.05, 0.1) is 6.10 Å². The fourth-order valence-electron chi connectivity index (χ4n) is 5.19. The molecule has 2 aliphatic carbocycles. The number of aliphatic hydroxyl groups excluding tert-OH is 1. The van der Waals surface area contributed by atoms with Crippen molar-refractivity contribution < 1.29 is 10.2 Å². The lowest BCUT2D eigenvalue weighted by Crippen LogP contribution is -2.54. The molecule has 2 saturated carbocycles. The van der Waals surface area contributed by atoms with Gasteiger partial charge in [-0.25, -0.2) is 0 Å². The van der Waals surface area contributed by atoms with Gasteiger partial charge in [-0.1, -0.05) is 18.6 Å². The van der Waals surface area contributed by atoms with Crippen LogP contribution in [0.1, 0.15) is 50.5 Å². The van der Waals surface area contributed by atoms with Gasteiger partial charge in [-0.3, -0.25) is 0 Å². The fourth-order valence-corrected chi connectivity index (χ4v) is 5.19. The number of piperidine rings is 1. The first kappa shape index (κ1) is 15.5. The summed E-state index contributed by atoms with van der Waals surface area (Å²) in [6, 6.07) is 7.89. The van der Waals surface area contributed by atoms with Crippen LogP contribution in [0, 0.1) is 11.8 Å². The van der Waals surface area contributed by atoms with Gasteiger partial charge in [-0.05, 0) is 74.6 Å². The zero-order valence-electron chi connectivity index (χ0n) is 14.0. The Morgan fingerprint density at radius 1 is 1.17 bits per heavy atom. The van der Waals surface area contributed by atoms with E-state index in [1.807, 2.05) is 12.1 Å². The van der Waals surface area contributed by atoms with E-state index < -0.39 is 0 Å². The number of phenolic OH excluding ortho intramolecular Hbond substituents is 1. The van der Waals surface area contributed by atoms with Gasteiger partial charge in [0.2, 0.25) is 0 Å². The summed E-state index contributed by atoms with van der Waals surface area (Å²) in [5.74, 6) is 1.80. The van der Waals surface area contributed by atoms with E-state index in [0.29, 0.717) is 11.7 Å². The fraction of sp³-hybridized carbons (Fsp3) is 0.700. The average molecular weight is 315 g/mol. The molecule has 3 heteroatoms. The number of hydrogen-bond donors (Lipinski definition) is 2. The Kier molecular flexibility index (Phi) is 4.10. The molecular formula is C20H29NO2. The monoisotopic (exact) mass is 315 g/mol. The van der Waals surface area contributed by atoms with Gasteiger partial charge in [0.1, 0.15) is 5.75 Å². The third kappa shape index (κ3) is 2.89. The minimum atomic E-state index is -0.144. The van der Waals surface area contributed by atoms with Gasteiger partial charge in [0, 0.05) is 18.5 Å². The molecular weight excluding hydrogens is 286 g/mol. The van der Waals surface area contributed by atoms with Crippen LogP contribution in [0.2, 0.25) is 0 Å². The van der Waals surface area contributed by atoms with Crippen LogP contribution in [0.4, 0.5) is 0 Å². The highest BCUT2D eigenvalue weighted by molar-refractivity contribution is 5.35. The van der Waals surface area contributed by atoms with Crippen LogP contribution in [-0.2, 0) is 5.41 Å². The first-order valence-electron chi connectivity index (χ1n) is 9.36. The lowest BCUT2D eigenvalue weighted by Gasteiger charge is -2.53. The van der Waals surface area contributed by atoms with E-state index in [0.717, 1.165) is 31.7 Å². The van der Waals surface area contributed by atoms with Gasteiger partial charge in [0.25, 0.3) is 0 Å². The third-order valence-electron chi connectivity index (χ3n) is 6.78. The Hall–Kier alpha value is -1.06.